The van der Waals surface area contributed by atoms with Gasteiger partial charge in [-0.2, -0.15) is 17.5 Å². The smallest absolute Gasteiger partial charge is 0.207 e. The molecule has 26 heavy (non-hydrogen) atoms. The number of benzene rings is 1. The molecule has 2 heterocycles. The second-order valence-electron chi connectivity index (χ2n) is 6.00. The molecule has 0 spiro atoms. The van der Waals surface area contributed by atoms with Crippen LogP contribution in [0.15, 0.2) is 23.1 Å². The van der Waals surface area contributed by atoms with Gasteiger partial charge in [0.2, 0.25) is 10.0 Å². The van der Waals surface area contributed by atoms with Crippen molar-refractivity contribution in [3.63, 3.8) is 0 Å². The average molecular weight is 426 g/mol. The fourth-order valence-electron chi connectivity index (χ4n) is 2.86. The zero-order valence-corrected chi connectivity index (χ0v) is 16.0. The van der Waals surface area contributed by atoms with E-state index in [1.165, 1.54) is 15.6 Å². The minimum Gasteiger partial charge on any atom is -0.207 e. The first-order valence-electron chi connectivity index (χ1n) is 7.76. The summed E-state index contributed by atoms with van der Waals surface area (Å²) in [4.78, 5) is -0.318. The Kier molecular flexibility index (Phi) is 5.31. The molecule has 2 aromatic rings. The number of rotatable bonds is 3. The number of aryl methyl sites for hydroxylation is 1. The first-order valence-corrected chi connectivity index (χ1v) is 10.4. The summed E-state index contributed by atoms with van der Waals surface area (Å²) < 4.78 is 65.3. The van der Waals surface area contributed by atoms with Gasteiger partial charge in [-0.3, -0.25) is 0 Å². The number of hydrogen-bond acceptors (Lipinski definition) is 5. The largest absolute Gasteiger partial charge is 0.416 e. The van der Waals surface area contributed by atoms with Crippen LogP contribution in [-0.4, -0.2) is 36.0 Å². The predicted octanol–water partition coefficient (Wildman–Crippen LogP) is 4.09. The molecule has 0 radical (unpaired) electrons. The maximum Gasteiger partial charge on any atom is 0.416 e. The van der Waals surface area contributed by atoms with E-state index in [9.17, 15) is 21.6 Å². The summed E-state index contributed by atoms with van der Waals surface area (Å²) in [6, 6.07) is 2.29. The number of hydrogen-bond donors (Lipinski definition) is 0. The van der Waals surface area contributed by atoms with Crippen LogP contribution in [0.4, 0.5) is 13.2 Å². The van der Waals surface area contributed by atoms with Crippen molar-refractivity contribution in [2.75, 3.05) is 13.1 Å². The molecule has 1 saturated heterocycles. The Morgan fingerprint density at radius 2 is 2.04 bits per heavy atom. The molecule has 142 valence electrons. The number of piperidine rings is 1. The van der Waals surface area contributed by atoms with Crippen molar-refractivity contribution in [2.24, 2.45) is 0 Å². The van der Waals surface area contributed by atoms with Crippen LogP contribution in [0.1, 0.15) is 34.3 Å². The molecule has 11 heteroatoms. The van der Waals surface area contributed by atoms with Gasteiger partial charge in [0.25, 0.3) is 0 Å². The van der Waals surface area contributed by atoms with Gasteiger partial charge in [-0.15, -0.1) is 21.5 Å². The number of halogens is 4. The zero-order valence-electron chi connectivity index (χ0n) is 13.6. The van der Waals surface area contributed by atoms with Crippen molar-refractivity contribution < 1.29 is 21.6 Å². The summed E-state index contributed by atoms with van der Waals surface area (Å²) in [5.74, 6) is -0.0852. The van der Waals surface area contributed by atoms with Gasteiger partial charge < -0.3 is 0 Å². The van der Waals surface area contributed by atoms with Crippen molar-refractivity contribution in [1.29, 1.82) is 0 Å². The summed E-state index contributed by atoms with van der Waals surface area (Å²) in [5, 5.41) is 9.16. The lowest BCUT2D eigenvalue weighted by molar-refractivity contribution is -0.137. The molecular weight excluding hydrogens is 411 g/mol. The number of nitrogens with zero attached hydrogens (tertiary/aromatic N) is 3. The van der Waals surface area contributed by atoms with Crippen molar-refractivity contribution in [3.8, 4) is 0 Å². The lowest BCUT2D eigenvalue weighted by Crippen LogP contribution is -2.39. The third-order valence-electron chi connectivity index (χ3n) is 4.15. The zero-order chi connectivity index (χ0) is 19.1. The van der Waals surface area contributed by atoms with Crippen molar-refractivity contribution in [1.82, 2.24) is 14.5 Å². The number of sulfonamides is 1. The van der Waals surface area contributed by atoms with Crippen molar-refractivity contribution >= 4 is 33.0 Å². The molecule has 1 fully saturated rings. The normalized spacial score (nSPS) is 19.7. The van der Waals surface area contributed by atoms with Crippen LogP contribution in [0.2, 0.25) is 5.02 Å². The first kappa shape index (κ1) is 19.5. The van der Waals surface area contributed by atoms with Crippen LogP contribution in [0.25, 0.3) is 0 Å². The molecule has 1 atom stereocenters. The Balaban J connectivity index is 1.88. The van der Waals surface area contributed by atoms with E-state index in [4.69, 9.17) is 11.6 Å². The second-order valence-corrected chi connectivity index (χ2v) is 9.53. The van der Waals surface area contributed by atoms with Gasteiger partial charge in [0.1, 0.15) is 14.9 Å². The molecule has 5 nitrogen and oxygen atoms in total. The van der Waals surface area contributed by atoms with E-state index in [0.29, 0.717) is 12.5 Å². The average Bonchev–Trinajstić information content (AvgIpc) is 3.00. The highest BCUT2D eigenvalue weighted by atomic mass is 35.5. The van der Waals surface area contributed by atoms with Crippen LogP contribution < -0.4 is 0 Å². The molecule has 1 aromatic carbocycles. The summed E-state index contributed by atoms with van der Waals surface area (Å²) in [7, 11) is -4.00. The standard InChI is InChI=1S/C15H15ClF3N3O2S2/c1-9-20-21-14(25-9)10-3-2-6-22(8-10)26(23,24)13-5-4-11(7-12(13)16)15(17,18)19/h4-5,7,10H,2-3,6,8H2,1H3. The molecule has 0 saturated carbocycles. The Bertz CT molecular complexity index is 915. The Morgan fingerprint density at radius 1 is 1.31 bits per heavy atom. The van der Waals surface area contributed by atoms with Gasteiger partial charge in [0.15, 0.2) is 0 Å². The van der Waals surface area contributed by atoms with Crippen LogP contribution >= 0.6 is 22.9 Å². The molecule has 0 amide bonds. The minimum absolute atomic E-state index is 0.0852. The summed E-state index contributed by atoms with van der Waals surface area (Å²) in [5.41, 5.74) is -0.984. The third kappa shape index (κ3) is 3.88. The van der Waals surface area contributed by atoms with E-state index in [1.54, 1.807) is 0 Å². The number of aromatic nitrogens is 2. The molecule has 0 aliphatic carbocycles. The van der Waals surface area contributed by atoms with Gasteiger partial charge in [-0.25, -0.2) is 8.42 Å². The van der Waals surface area contributed by atoms with Crippen LogP contribution in [-0.2, 0) is 16.2 Å². The highest BCUT2D eigenvalue weighted by molar-refractivity contribution is 7.89. The van der Waals surface area contributed by atoms with Crippen LogP contribution in [0.3, 0.4) is 0 Å². The second kappa shape index (κ2) is 7.06. The van der Waals surface area contributed by atoms with E-state index < -0.39 is 26.8 Å². The highest BCUT2D eigenvalue weighted by Gasteiger charge is 2.36. The molecule has 0 bridgehead atoms. The van der Waals surface area contributed by atoms with Gasteiger partial charge in [0.05, 0.1) is 10.6 Å². The van der Waals surface area contributed by atoms with E-state index in [-0.39, 0.29) is 23.9 Å². The molecule has 1 aliphatic rings. The monoisotopic (exact) mass is 425 g/mol. The summed E-state index contributed by atoms with van der Waals surface area (Å²) >= 11 is 7.29. The number of alkyl halides is 3. The molecule has 0 N–H and O–H groups in total. The summed E-state index contributed by atoms with van der Waals surface area (Å²) in [6.07, 6.45) is -3.18. The topological polar surface area (TPSA) is 63.2 Å². The molecule has 1 aromatic heterocycles. The van der Waals surface area contributed by atoms with E-state index in [1.807, 2.05) is 6.92 Å². The van der Waals surface area contributed by atoms with Gasteiger partial charge in [0, 0.05) is 19.0 Å². The molecule has 1 aliphatic heterocycles. The van der Waals surface area contributed by atoms with Crippen LogP contribution in [0.5, 0.6) is 0 Å². The van der Waals surface area contributed by atoms with Gasteiger partial charge in [-0.1, -0.05) is 11.6 Å². The van der Waals surface area contributed by atoms with Crippen molar-refractivity contribution in [2.45, 2.75) is 36.8 Å². The quantitative estimate of drug-likeness (QED) is 0.743. The van der Waals surface area contributed by atoms with E-state index in [0.717, 1.165) is 28.6 Å². The van der Waals surface area contributed by atoms with Gasteiger partial charge in [-0.05, 0) is 38.0 Å². The lowest BCUT2D eigenvalue weighted by atomic mass is 10.0. The maximum atomic E-state index is 12.9. The Hall–Kier alpha value is -1.23. The fourth-order valence-corrected chi connectivity index (χ4v) is 5.73. The van der Waals surface area contributed by atoms with Crippen molar-refractivity contribution in [3.05, 3.63) is 38.8 Å². The summed E-state index contributed by atoms with van der Waals surface area (Å²) in [6.45, 7) is 2.31. The maximum absolute atomic E-state index is 12.9. The molecule has 1 unspecified atom stereocenters. The van der Waals surface area contributed by atoms with E-state index in [2.05, 4.69) is 10.2 Å². The first-order chi connectivity index (χ1) is 12.1. The third-order valence-corrected chi connectivity index (χ3v) is 7.50. The molecule has 3 rings (SSSR count). The Morgan fingerprint density at radius 3 is 2.62 bits per heavy atom. The minimum atomic E-state index is -4.59. The molecular formula is C15H15ClF3N3O2S2. The van der Waals surface area contributed by atoms with Crippen LogP contribution in [0, 0.1) is 6.92 Å². The SMILES string of the molecule is Cc1nnc(C2CCCN(S(=O)(=O)c3ccc(C(F)(F)F)cc3Cl)C2)s1. The highest BCUT2D eigenvalue weighted by Crippen LogP contribution is 2.36. The van der Waals surface area contributed by atoms with Gasteiger partial charge >= 0.3 is 6.18 Å². The predicted molar refractivity (Wildman–Crippen MR) is 91.8 cm³/mol. The lowest BCUT2D eigenvalue weighted by Gasteiger charge is -2.31. The fraction of sp³-hybridized carbons (Fsp3) is 0.467. The Labute approximate surface area is 157 Å². The van der Waals surface area contributed by atoms with E-state index >= 15 is 0 Å².